The topological polar surface area (TPSA) is 83.3 Å². The number of carbonyl (C=O) groups is 1. The number of pyridine rings is 1. The molecule has 0 radical (unpaired) electrons. The number of likely N-dealkylation sites (tertiary alicyclic amines) is 1. The summed E-state index contributed by atoms with van der Waals surface area (Å²) < 4.78 is 0. The van der Waals surface area contributed by atoms with Gasteiger partial charge in [0.1, 0.15) is 5.69 Å². The summed E-state index contributed by atoms with van der Waals surface area (Å²) in [7, 11) is 0. The summed E-state index contributed by atoms with van der Waals surface area (Å²) >= 11 is 0. The molecule has 1 fully saturated rings. The first-order valence-corrected chi connectivity index (χ1v) is 6.65. The van der Waals surface area contributed by atoms with E-state index in [0.717, 1.165) is 19.6 Å². The molecule has 1 unspecified atom stereocenters. The SMILES string of the molecule is CC(CN1CCCC1)NC(=O)c1cc(NN)ccn1. The summed E-state index contributed by atoms with van der Waals surface area (Å²) in [6.45, 7) is 5.16. The molecule has 1 aromatic heterocycles. The Labute approximate surface area is 113 Å². The Kier molecular flexibility index (Phi) is 4.70. The smallest absolute Gasteiger partial charge is 0.270 e. The average Bonchev–Trinajstić information content (AvgIpc) is 2.91. The Hall–Kier alpha value is -1.66. The highest BCUT2D eigenvalue weighted by atomic mass is 16.1. The van der Waals surface area contributed by atoms with Crippen molar-refractivity contribution >= 4 is 11.6 Å². The van der Waals surface area contributed by atoms with Crippen molar-refractivity contribution < 1.29 is 4.79 Å². The first-order chi connectivity index (χ1) is 9.19. The van der Waals surface area contributed by atoms with E-state index in [2.05, 4.69) is 20.6 Å². The number of anilines is 1. The van der Waals surface area contributed by atoms with Crippen LogP contribution in [0.25, 0.3) is 0 Å². The van der Waals surface area contributed by atoms with Crippen molar-refractivity contribution in [1.29, 1.82) is 0 Å². The highest BCUT2D eigenvalue weighted by Crippen LogP contribution is 2.09. The first kappa shape index (κ1) is 13.8. The lowest BCUT2D eigenvalue weighted by molar-refractivity contribution is 0.0927. The minimum absolute atomic E-state index is 0.113. The van der Waals surface area contributed by atoms with Crippen molar-refractivity contribution in [2.75, 3.05) is 25.1 Å². The molecule has 0 aromatic carbocycles. The fourth-order valence-corrected chi connectivity index (χ4v) is 2.34. The van der Waals surface area contributed by atoms with E-state index in [1.54, 1.807) is 18.3 Å². The van der Waals surface area contributed by atoms with Gasteiger partial charge in [-0.1, -0.05) is 0 Å². The Bertz CT molecular complexity index is 431. The molecule has 0 aliphatic carbocycles. The van der Waals surface area contributed by atoms with Crippen LogP contribution in [-0.4, -0.2) is 41.5 Å². The maximum Gasteiger partial charge on any atom is 0.270 e. The van der Waals surface area contributed by atoms with E-state index in [4.69, 9.17) is 5.84 Å². The lowest BCUT2D eigenvalue weighted by atomic mass is 10.2. The highest BCUT2D eigenvalue weighted by Gasteiger charge is 2.17. The molecule has 0 saturated carbocycles. The van der Waals surface area contributed by atoms with E-state index in [0.29, 0.717) is 11.4 Å². The molecule has 4 N–H and O–H groups in total. The zero-order valence-electron chi connectivity index (χ0n) is 11.2. The highest BCUT2D eigenvalue weighted by molar-refractivity contribution is 5.93. The largest absolute Gasteiger partial charge is 0.347 e. The fourth-order valence-electron chi connectivity index (χ4n) is 2.34. The van der Waals surface area contributed by atoms with Gasteiger partial charge in [0, 0.05) is 18.8 Å². The van der Waals surface area contributed by atoms with Crippen LogP contribution < -0.4 is 16.6 Å². The van der Waals surface area contributed by atoms with Crippen LogP contribution in [0.4, 0.5) is 5.69 Å². The molecule has 6 nitrogen and oxygen atoms in total. The number of hydrazine groups is 1. The Morgan fingerprint density at radius 3 is 2.95 bits per heavy atom. The number of nitrogens with one attached hydrogen (secondary N) is 2. The van der Waals surface area contributed by atoms with Gasteiger partial charge in [-0.3, -0.25) is 15.6 Å². The summed E-state index contributed by atoms with van der Waals surface area (Å²) in [5.41, 5.74) is 3.56. The Balaban J connectivity index is 1.88. The maximum atomic E-state index is 12.0. The van der Waals surface area contributed by atoms with Gasteiger partial charge in [-0.15, -0.1) is 0 Å². The number of hydrogen-bond acceptors (Lipinski definition) is 5. The molecule has 1 aliphatic heterocycles. The quantitative estimate of drug-likeness (QED) is 0.535. The summed E-state index contributed by atoms with van der Waals surface area (Å²) in [4.78, 5) is 18.5. The van der Waals surface area contributed by atoms with Gasteiger partial charge >= 0.3 is 0 Å². The number of rotatable bonds is 5. The van der Waals surface area contributed by atoms with Crippen molar-refractivity contribution in [2.24, 2.45) is 5.84 Å². The third kappa shape index (κ3) is 3.90. The lowest BCUT2D eigenvalue weighted by Crippen LogP contribution is -2.41. The van der Waals surface area contributed by atoms with Gasteiger partial charge in [0.25, 0.3) is 5.91 Å². The monoisotopic (exact) mass is 263 g/mol. The van der Waals surface area contributed by atoms with Crippen LogP contribution in [0.15, 0.2) is 18.3 Å². The third-order valence-electron chi connectivity index (χ3n) is 3.27. The van der Waals surface area contributed by atoms with Crippen molar-refractivity contribution in [3.63, 3.8) is 0 Å². The molecule has 0 bridgehead atoms. The second-order valence-corrected chi connectivity index (χ2v) is 4.96. The molecule has 1 aromatic rings. The van der Waals surface area contributed by atoms with Crippen LogP contribution in [0.1, 0.15) is 30.3 Å². The predicted octanol–water partition coefficient (Wildman–Crippen LogP) is 0.581. The van der Waals surface area contributed by atoms with E-state index in [1.165, 1.54) is 12.8 Å². The standard InChI is InChI=1S/C13H21N5O/c1-10(9-18-6-2-3-7-18)16-13(19)12-8-11(17-14)4-5-15-12/h4-5,8,10H,2-3,6-7,9,14H2,1H3,(H,15,17)(H,16,19). The second-order valence-electron chi connectivity index (χ2n) is 4.96. The summed E-state index contributed by atoms with van der Waals surface area (Å²) in [6, 6.07) is 3.46. The van der Waals surface area contributed by atoms with Crippen LogP contribution in [-0.2, 0) is 0 Å². The molecule has 1 amide bonds. The molecule has 1 aliphatic rings. The van der Waals surface area contributed by atoms with Gasteiger partial charge in [0.15, 0.2) is 0 Å². The van der Waals surface area contributed by atoms with Crippen LogP contribution >= 0.6 is 0 Å². The Morgan fingerprint density at radius 2 is 2.26 bits per heavy atom. The van der Waals surface area contributed by atoms with Crippen molar-refractivity contribution in [1.82, 2.24) is 15.2 Å². The van der Waals surface area contributed by atoms with Gasteiger partial charge < -0.3 is 15.6 Å². The van der Waals surface area contributed by atoms with E-state index in [-0.39, 0.29) is 11.9 Å². The molecule has 104 valence electrons. The van der Waals surface area contributed by atoms with Crippen LogP contribution in [0.2, 0.25) is 0 Å². The first-order valence-electron chi connectivity index (χ1n) is 6.65. The second kappa shape index (κ2) is 6.49. The Morgan fingerprint density at radius 1 is 1.53 bits per heavy atom. The predicted molar refractivity (Wildman–Crippen MR) is 74.6 cm³/mol. The number of nitrogens with zero attached hydrogens (tertiary/aromatic N) is 2. The molecule has 6 heteroatoms. The molecule has 0 spiro atoms. The summed E-state index contributed by atoms with van der Waals surface area (Å²) in [6.07, 6.45) is 4.08. The molecule has 1 atom stereocenters. The summed E-state index contributed by atoms with van der Waals surface area (Å²) in [5, 5.41) is 2.96. The normalized spacial score (nSPS) is 17.2. The van der Waals surface area contributed by atoms with Gasteiger partial charge in [-0.25, -0.2) is 0 Å². The van der Waals surface area contributed by atoms with Crippen molar-refractivity contribution in [2.45, 2.75) is 25.8 Å². The molecular weight excluding hydrogens is 242 g/mol. The van der Waals surface area contributed by atoms with Gasteiger partial charge in [0.2, 0.25) is 0 Å². The summed E-state index contributed by atoms with van der Waals surface area (Å²) in [5.74, 6) is 5.15. The fraction of sp³-hybridized carbons (Fsp3) is 0.538. The van der Waals surface area contributed by atoms with E-state index >= 15 is 0 Å². The zero-order chi connectivity index (χ0) is 13.7. The number of hydrogen-bond donors (Lipinski definition) is 3. The molecular formula is C13H21N5O. The van der Waals surface area contributed by atoms with E-state index in [1.807, 2.05) is 6.92 Å². The molecule has 19 heavy (non-hydrogen) atoms. The van der Waals surface area contributed by atoms with E-state index < -0.39 is 0 Å². The number of nitrogens with two attached hydrogens (primary N) is 1. The molecule has 1 saturated heterocycles. The molecule has 2 rings (SSSR count). The number of aromatic nitrogens is 1. The van der Waals surface area contributed by atoms with Crippen LogP contribution in [0, 0.1) is 0 Å². The van der Waals surface area contributed by atoms with Gasteiger partial charge in [-0.2, -0.15) is 0 Å². The number of amides is 1. The average molecular weight is 263 g/mol. The van der Waals surface area contributed by atoms with Crippen LogP contribution in [0.3, 0.4) is 0 Å². The minimum Gasteiger partial charge on any atom is -0.347 e. The lowest BCUT2D eigenvalue weighted by Gasteiger charge is -2.21. The van der Waals surface area contributed by atoms with Gasteiger partial charge in [0.05, 0.1) is 5.69 Å². The maximum absolute atomic E-state index is 12.0. The number of nitrogen functional groups attached to an aromatic ring is 1. The third-order valence-corrected chi connectivity index (χ3v) is 3.27. The zero-order valence-corrected chi connectivity index (χ0v) is 11.2. The van der Waals surface area contributed by atoms with Crippen molar-refractivity contribution in [3.8, 4) is 0 Å². The van der Waals surface area contributed by atoms with Crippen LogP contribution in [0.5, 0.6) is 0 Å². The minimum atomic E-state index is -0.163. The molecule has 2 heterocycles. The van der Waals surface area contributed by atoms with Crippen molar-refractivity contribution in [3.05, 3.63) is 24.0 Å². The number of carbonyl (C=O) groups excluding carboxylic acids is 1. The van der Waals surface area contributed by atoms with Gasteiger partial charge in [-0.05, 0) is 45.0 Å². The van der Waals surface area contributed by atoms with E-state index in [9.17, 15) is 4.79 Å².